The van der Waals surface area contributed by atoms with Crippen LogP contribution >= 0.6 is 11.8 Å². The molecular formula is C15H18N2O3S. The van der Waals surface area contributed by atoms with Crippen LogP contribution in [0.25, 0.3) is 6.08 Å². The van der Waals surface area contributed by atoms with Gasteiger partial charge in [-0.25, -0.2) is 0 Å². The van der Waals surface area contributed by atoms with Gasteiger partial charge < -0.3 is 14.9 Å². The van der Waals surface area contributed by atoms with E-state index in [0.717, 1.165) is 17.3 Å². The molecule has 1 fully saturated rings. The van der Waals surface area contributed by atoms with Gasteiger partial charge in [0.15, 0.2) is 4.87 Å². The Labute approximate surface area is 128 Å². The summed E-state index contributed by atoms with van der Waals surface area (Å²) in [4.78, 5) is 26.5. The van der Waals surface area contributed by atoms with E-state index in [0.29, 0.717) is 5.70 Å². The van der Waals surface area contributed by atoms with Crippen molar-refractivity contribution < 1.29 is 14.7 Å². The van der Waals surface area contributed by atoms with Crippen molar-refractivity contribution in [3.63, 3.8) is 0 Å². The molecule has 112 valence electrons. The SMILES string of the molecule is CSC1(CO)C(=O)N(C)/C(=C\c2ccccc2)C(=O)N1C. The van der Waals surface area contributed by atoms with E-state index in [1.54, 1.807) is 26.4 Å². The van der Waals surface area contributed by atoms with Crippen molar-refractivity contribution in [2.45, 2.75) is 4.87 Å². The summed E-state index contributed by atoms with van der Waals surface area (Å²) < 4.78 is 0. The van der Waals surface area contributed by atoms with Crippen LogP contribution in [0.15, 0.2) is 36.0 Å². The lowest BCUT2D eigenvalue weighted by Gasteiger charge is -2.45. The van der Waals surface area contributed by atoms with Crippen LogP contribution in [0.5, 0.6) is 0 Å². The van der Waals surface area contributed by atoms with Crippen molar-refractivity contribution in [1.29, 1.82) is 0 Å². The zero-order valence-corrected chi connectivity index (χ0v) is 13.1. The molecule has 6 heteroatoms. The van der Waals surface area contributed by atoms with Crippen LogP contribution in [0.1, 0.15) is 5.56 Å². The molecule has 2 amide bonds. The van der Waals surface area contributed by atoms with Gasteiger partial charge in [-0.3, -0.25) is 9.59 Å². The lowest BCUT2D eigenvalue weighted by molar-refractivity contribution is -0.152. The lowest BCUT2D eigenvalue weighted by Crippen LogP contribution is -2.65. The van der Waals surface area contributed by atoms with E-state index in [1.165, 1.54) is 9.80 Å². The number of nitrogens with zero attached hydrogens (tertiary/aromatic N) is 2. The summed E-state index contributed by atoms with van der Waals surface area (Å²) in [6.45, 7) is -0.418. The van der Waals surface area contributed by atoms with Crippen molar-refractivity contribution in [3.05, 3.63) is 41.6 Å². The van der Waals surface area contributed by atoms with Gasteiger partial charge >= 0.3 is 0 Å². The summed E-state index contributed by atoms with van der Waals surface area (Å²) >= 11 is 1.16. The molecule has 2 rings (SSSR count). The number of likely N-dealkylation sites (N-methyl/N-ethyl adjacent to an activating group) is 2. The quantitative estimate of drug-likeness (QED) is 0.847. The summed E-state index contributed by atoms with van der Waals surface area (Å²) in [7, 11) is 3.10. The summed E-state index contributed by atoms with van der Waals surface area (Å²) in [5.41, 5.74) is 1.14. The number of amides is 2. The standard InChI is InChI=1S/C15H18N2O3S/c1-16-12(9-11-7-5-4-6-8-11)13(19)17(2)15(10-18,21-3)14(16)20/h4-9,18H,10H2,1-3H3/b12-9-. The number of carbonyl (C=O) groups excluding carboxylic acids is 2. The highest BCUT2D eigenvalue weighted by atomic mass is 32.2. The molecule has 21 heavy (non-hydrogen) atoms. The monoisotopic (exact) mass is 306 g/mol. The van der Waals surface area contributed by atoms with Crippen molar-refractivity contribution in [1.82, 2.24) is 9.80 Å². The molecule has 0 radical (unpaired) electrons. The van der Waals surface area contributed by atoms with Crippen LogP contribution in [0.4, 0.5) is 0 Å². The Balaban J connectivity index is 2.47. The number of aliphatic hydroxyl groups is 1. The van der Waals surface area contributed by atoms with Gasteiger partial charge in [-0.2, -0.15) is 0 Å². The molecule has 1 saturated heterocycles. The number of carbonyl (C=O) groups is 2. The highest BCUT2D eigenvalue weighted by molar-refractivity contribution is 8.00. The van der Waals surface area contributed by atoms with Crippen molar-refractivity contribution in [3.8, 4) is 0 Å². The molecule has 1 N–H and O–H groups in total. The summed E-state index contributed by atoms with van der Waals surface area (Å²) in [5, 5.41) is 9.61. The first kappa shape index (κ1) is 15.6. The highest BCUT2D eigenvalue weighted by Gasteiger charge is 2.51. The van der Waals surface area contributed by atoms with E-state index in [1.807, 2.05) is 30.3 Å². The zero-order chi connectivity index (χ0) is 15.6. The summed E-state index contributed by atoms with van der Waals surface area (Å²) in [6.07, 6.45) is 3.38. The maximum Gasteiger partial charge on any atom is 0.271 e. The first-order valence-corrected chi connectivity index (χ1v) is 7.69. The third-order valence-electron chi connectivity index (χ3n) is 3.72. The van der Waals surface area contributed by atoms with Crippen LogP contribution in [0.3, 0.4) is 0 Å². The molecule has 0 spiro atoms. The van der Waals surface area contributed by atoms with Gasteiger partial charge in [-0.05, 0) is 17.9 Å². The van der Waals surface area contributed by atoms with Crippen LogP contribution in [0.2, 0.25) is 0 Å². The Bertz CT molecular complexity index is 582. The number of aliphatic hydroxyl groups excluding tert-OH is 1. The van der Waals surface area contributed by atoms with Crippen LogP contribution in [-0.4, -0.2) is 58.5 Å². The molecule has 1 aliphatic rings. The molecule has 1 heterocycles. The van der Waals surface area contributed by atoms with Crippen molar-refractivity contribution in [2.75, 3.05) is 27.0 Å². The molecule has 1 aromatic carbocycles. The van der Waals surface area contributed by atoms with E-state index in [4.69, 9.17) is 0 Å². The van der Waals surface area contributed by atoms with Gasteiger partial charge in [0, 0.05) is 14.1 Å². The van der Waals surface area contributed by atoms with Gasteiger partial charge in [0.2, 0.25) is 0 Å². The Hall–Kier alpha value is -1.79. The predicted octanol–water partition coefficient (Wildman–Crippen LogP) is 1.01. The second-order valence-electron chi connectivity index (χ2n) is 4.82. The molecule has 0 saturated carbocycles. The lowest BCUT2D eigenvalue weighted by atomic mass is 10.1. The smallest absolute Gasteiger partial charge is 0.271 e. The Kier molecular flexibility index (Phi) is 4.39. The van der Waals surface area contributed by atoms with Crippen LogP contribution < -0.4 is 0 Å². The predicted molar refractivity (Wildman–Crippen MR) is 83.3 cm³/mol. The fourth-order valence-corrected chi connectivity index (χ4v) is 3.12. The topological polar surface area (TPSA) is 60.9 Å². The fourth-order valence-electron chi connectivity index (χ4n) is 2.32. The number of thioether (sulfide) groups is 1. The maximum absolute atomic E-state index is 12.6. The van der Waals surface area contributed by atoms with Gasteiger partial charge in [-0.15, -0.1) is 11.8 Å². The van der Waals surface area contributed by atoms with Gasteiger partial charge in [0.1, 0.15) is 5.70 Å². The number of rotatable bonds is 3. The molecule has 1 unspecified atom stereocenters. The largest absolute Gasteiger partial charge is 0.392 e. The van der Waals surface area contributed by atoms with Crippen molar-refractivity contribution >= 4 is 29.7 Å². The van der Waals surface area contributed by atoms with E-state index in [2.05, 4.69) is 0 Å². The Morgan fingerprint density at radius 2 is 1.86 bits per heavy atom. The second-order valence-corrected chi connectivity index (χ2v) is 5.90. The normalized spacial score (nSPS) is 24.9. The Morgan fingerprint density at radius 1 is 1.24 bits per heavy atom. The molecule has 5 nitrogen and oxygen atoms in total. The second kappa shape index (κ2) is 5.91. The third-order valence-corrected chi connectivity index (χ3v) is 4.97. The summed E-state index contributed by atoms with van der Waals surface area (Å²) in [5.74, 6) is -0.592. The minimum atomic E-state index is -1.25. The Morgan fingerprint density at radius 3 is 2.38 bits per heavy atom. The van der Waals surface area contributed by atoms with Crippen LogP contribution in [-0.2, 0) is 9.59 Å². The number of hydrogen-bond donors (Lipinski definition) is 1. The van der Waals surface area contributed by atoms with Gasteiger partial charge in [0.05, 0.1) is 6.61 Å². The van der Waals surface area contributed by atoms with E-state index >= 15 is 0 Å². The van der Waals surface area contributed by atoms with Gasteiger partial charge in [-0.1, -0.05) is 30.3 Å². The first-order valence-electron chi connectivity index (χ1n) is 6.47. The maximum atomic E-state index is 12.6. The minimum absolute atomic E-state index is 0.288. The molecule has 1 atom stereocenters. The number of hydrogen-bond acceptors (Lipinski definition) is 4. The number of benzene rings is 1. The molecule has 1 aromatic rings. The molecule has 0 aromatic heterocycles. The first-order chi connectivity index (χ1) is 9.97. The van der Waals surface area contributed by atoms with E-state index in [9.17, 15) is 14.7 Å². The third kappa shape index (κ3) is 2.45. The van der Waals surface area contributed by atoms with E-state index in [-0.39, 0.29) is 11.8 Å². The summed E-state index contributed by atoms with van der Waals surface area (Å²) in [6, 6.07) is 9.34. The average Bonchev–Trinajstić information content (AvgIpc) is 2.52. The van der Waals surface area contributed by atoms with E-state index < -0.39 is 11.5 Å². The molecule has 0 aliphatic carbocycles. The minimum Gasteiger partial charge on any atom is -0.392 e. The number of piperazine rings is 1. The molecule has 1 aliphatic heterocycles. The highest BCUT2D eigenvalue weighted by Crippen LogP contribution is 2.35. The average molecular weight is 306 g/mol. The zero-order valence-electron chi connectivity index (χ0n) is 12.2. The molecular weight excluding hydrogens is 288 g/mol. The van der Waals surface area contributed by atoms with Crippen molar-refractivity contribution in [2.24, 2.45) is 0 Å². The fraction of sp³-hybridized carbons (Fsp3) is 0.333. The van der Waals surface area contributed by atoms with Gasteiger partial charge in [0.25, 0.3) is 11.8 Å². The van der Waals surface area contributed by atoms with Crippen LogP contribution in [0, 0.1) is 0 Å². The molecule has 0 bridgehead atoms.